The highest BCUT2D eigenvalue weighted by Gasteiger charge is 2.25. The number of hydrogen-bond acceptors (Lipinski definition) is 7. The summed E-state index contributed by atoms with van der Waals surface area (Å²) in [6.07, 6.45) is 54.9. The first-order valence-corrected chi connectivity index (χ1v) is 23.9. The maximum absolute atomic E-state index is 12.6. The highest BCUT2D eigenvalue weighted by atomic mass is 31.2. The van der Waals surface area contributed by atoms with Crippen LogP contribution >= 0.6 is 7.82 Å². The fourth-order valence-electron chi connectivity index (χ4n) is 5.84. The number of phosphoric ester groups is 1. The van der Waals surface area contributed by atoms with Gasteiger partial charge >= 0.3 is 13.8 Å². The average molecular weight is 806 g/mol. The van der Waals surface area contributed by atoms with Crippen LogP contribution in [0, 0.1) is 0 Å². The molecule has 324 valence electrons. The lowest BCUT2D eigenvalue weighted by molar-refractivity contribution is -0.154. The fourth-order valence-corrected chi connectivity index (χ4v) is 6.61. The van der Waals surface area contributed by atoms with Crippen molar-refractivity contribution < 1.29 is 32.8 Å². The van der Waals surface area contributed by atoms with E-state index in [1.807, 2.05) is 0 Å². The van der Waals surface area contributed by atoms with E-state index < -0.39 is 13.9 Å². The number of carbonyl (C=O) groups is 1. The van der Waals surface area contributed by atoms with Crippen molar-refractivity contribution >= 4 is 13.8 Å². The number of ether oxygens (including phenoxy) is 2. The molecule has 2 unspecified atom stereocenters. The quantitative estimate of drug-likeness (QED) is 0.0271. The Morgan fingerprint density at radius 1 is 0.554 bits per heavy atom. The van der Waals surface area contributed by atoms with Crippen molar-refractivity contribution in [1.29, 1.82) is 0 Å². The Morgan fingerprint density at radius 3 is 1.52 bits per heavy atom. The Balaban J connectivity index is 4.07. The van der Waals surface area contributed by atoms with Crippen LogP contribution in [-0.4, -0.2) is 49.9 Å². The highest BCUT2D eigenvalue weighted by Crippen LogP contribution is 2.43. The van der Waals surface area contributed by atoms with Gasteiger partial charge in [0, 0.05) is 19.6 Å². The summed E-state index contributed by atoms with van der Waals surface area (Å²) in [5, 5.41) is 0. The second kappa shape index (κ2) is 44.1. The zero-order chi connectivity index (χ0) is 40.9. The molecule has 0 bridgehead atoms. The molecule has 0 aromatic carbocycles. The third-order valence-corrected chi connectivity index (χ3v) is 10.1. The van der Waals surface area contributed by atoms with Gasteiger partial charge in [-0.15, -0.1) is 0 Å². The lowest BCUT2D eigenvalue weighted by Gasteiger charge is -2.20. The third kappa shape index (κ3) is 43.1. The summed E-state index contributed by atoms with van der Waals surface area (Å²) >= 11 is 0. The van der Waals surface area contributed by atoms with Crippen molar-refractivity contribution in [2.45, 2.75) is 187 Å². The molecule has 0 aromatic rings. The maximum Gasteiger partial charge on any atom is 0.472 e. The van der Waals surface area contributed by atoms with E-state index in [1.54, 1.807) is 0 Å². The molecule has 0 saturated heterocycles. The molecular formula is C47H84NO7P. The van der Waals surface area contributed by atoms with E-state index in [1.165, 1.54) is 70.6 Å². The number of nitrogens with two attached hydrogens (primary N) is 1. The van der Waals surface area contributed by atoms with E-state index in [-0.39, 0.29) is 32.3 Å². The van der Waals surface area contributed by atoms with Crippen LogP contribution in [0.1, 0.15) is 181 Å². The molecule has 0 aromatic heterocycles. The molecule has 0 spiro atoms. The fraction of sp³-hybridized carbons (Fsp3) is 0.723. The first kappa shape index (κ1) is 53.9. The van der Waals surface area contributed by atoms with Gasteiger partial charge in [0.25, 0.3) is 0 Å². The minimum atomic E-state index is -4.29. The SMILES string of the molecule is CC/C=C\C/C=C\C/C=C\C/C=C\C/C=C\CCCCCCCCOCC(COP(=O)(O)OCCN)OC(=O)CCCCCCC/C=C\CCCCCCCC. The Morgan fingerprint density at radius 2 is 1.00 bits per heavy atom. The normalized spacial score (nSPS) is 14.1. The monoisotopic (exact) mass is 806 g/mol. The lowest BCUT2D eigenvalue weighted by Crippen LogP contribution is -2.28. The van der Waals surface area contributed by atoms with E-state index in [0.717, 1.165) is 89.9 Å². The van der Waals surface area contributed by atoms with E-state index >= 15 is 0 Å². The van der Waals surface area contributed by atoms with Gasteiger partial charge < -0.3 is 20.1 Å². The second-order valence-electron chi connectivity index (χ2n) is 14.5. The Hall–Kier alpha value is -2.06. The Kier molecular flexibility index (Phi) is 42.4. The lowest BCUT2D eigenvalue weighted by atomic mass is 10.1. The van der Waals surface area contributed by atoms with Crippen LogP contribution in [0.15, 0.2) is 72.9 Å². The van der Waals surface area contributed by atoms with Crippen LogP contribution in [0.4, 0.5) is 0 Å². The number of phosphoric acid groups is 1. The van der Waals surface area contributed by atoms with Crippen molar-refractivity contribution in [2.24, 2.45) is 5.73 Å². The molecule has 2 atom stereocenters. The first-order valence-electron chi connectivity index (χ1n) is 22.4. The van der Waals surface area contributed by atoms with Gasteiger partial charge in [0.1, 0.15) is 6.10 Å². The van der Waals surface area contributed by atoms with Crippen molar-refractivity contribution in [3.05, 3.63) is 72.9 Å². The van der Waals surface area contributed by atoms with Crippen molar-refractivity contribution in [1.82, 2.24) is 0 Å². The first-order chi connectivity index (χ1) is 27.4. The summed E-state index contributed by atoms with van der Waals surface area (Å²) in [5.74, 6) is -0.347. The molecule has 0 amide bonds. The van der Waals surface area contributed by atoms with Gasteiger partial charge in [-0.05, 0) is 83.5 Å². The topological polar surface area (TPSA) is 117 Å². The highest BCUT2D eigenvalue weighted by molar-refractivity contribution is 7.47. The van der Waals surface area contributed by atoms with Crippen LogP contribution < -0.4 is 5.73 Å². The standard InChI is InChI=1S/C47H84NO7P/c1-3-5-7-9-11-13-15-17-19-20-21-22-23-24-25-27-29-31-33-35-37-39-42-52-44-46(45-54-56(50,51)53-43-41-48)55-47(49)40-38-36-34-32-30-28-26-18-16-14-12-10-8-6-4-2/h5,7,11,13,17-19,21-22,24-26,46H,3-4,6,8-10,12,14-16,20,23,27-45,48H2,1-2H3,(H,50,51)/b7-5-,13-11-,19-17-,22-21-,25-24-,26-18-. The van der Waals surface area contributed by atoms with Gasteiger partial charge in [0.15, 0.2) is 0 Å². The maximum atomic E-state index is 12.6. The predicted molar refractivity (Wildman–Crippen MR) is 238 cm³/mol. The second-order valence-corrected chi connectivity index (χ2v) is 16.0. The summed E-state index contributed by atoms with van der Waals surface area (Å²) in [6.45, 7) is 4.75. The largest absolute Gasteiger partial charge is 0.472 e. The van der Waals surface area contributed by atoms with Crippen LogP contribution in [0.2, 0.25) is 0 Å². The Bertz CT molecular complexity index is 1080. The summed E-state index contributed by atoms with van der Waals surface area (Å²) in [7, 11) is -4.29. The van der Waals surface area contributed by atoms with Crippen LogP contribution in [-0.2, 0) is 27.9 Å². The zero-order valence-electron chi connectivity index (χ0n) is 35.8. The molecule has 0 saturated carbocycles. The molecule has 0 aliphatic heterocycles. The predicted octanol–water partition coefficient (Wildman–Crippen LogP) is 13.5. The van der Waals surface area contributed by atoms with Gasteiger partial charge in [0.2, 0.25) is 0 Å². The number of carbonyl (C=O) groups excluding carboxylic acids is 1. The molecular weight excluding hydrogens is 721 g/mol. The minimum absolute atomic E-state index is 0.0929. The number of allylic oxidation sites excluding steroid dienone is 12. The number of unbranched alkanes of at least 4 members (excludes halogenated alkanes) is 17. The van der Waals surface area contributed by atoms with Gasteiger partial charge in [-0.2, -0.15) is 0 Å². The summed E-state index contributed by atoms with van der Waals surface area (Å²) in [5.41, 5.74) is 5.37. The molecule has 0 rings (SSSR count). The molecule has 9 heteroatoms. The van der Waals surface area contributed by atoms with E-state index in [2.05, 4.69) is 86.8 Å². The van der Waals surface area contributed by atoms with Crippen LogP contribution in [0.3, 0.4) is 0 Å². The van der Waals surface area contributed by atoms with Gasteiger partial charge in [-0.1, -0.05) is 164 Å². The average Bonchev–Trinajstić information content (AvgIpc) is 3.19. The van der Waals surface area contributed by atoms with Crippen molar-refractivity contribution in [3.8, 4) is 0 Å². The number of rotatable bonds is 42. The molecule has 0 aliphatic carbocycles. The van der Waals surface area contributed by atoms with Gasteiger partial charge in [-0.3, -0.25) is 13.8 Å². The molecule has 56 heavy (non-hydrogen) atoms. The van der Waals surface area contributed by atoms with E-state index in [4.69, 9.17) is 24.3 Å². The van der Waals surface area contributed by atoms with Gasteiger partial charge in [0.05, 0.1) is 19.8 Å². The minimum Gasteiger partial charge on any atom is -0.457 e. The molecule has 8 nitrogen and oxygen atoms in total. The molecule has 0 aliphatic rings. The number of esters is 1. The number of hydrogen-bond donors (Lipinski definition) is 2. The summed E-state index contributed by atoms with van der Waals surface area (Å²) < 4.78 is 33.4. The van der Waals surface area contributed by atoms with Crippen LogP contribution in [0.25, 0.3) is 0 Å². The van der Waals surface area contributed by atoms with Crippen LogP contribution in [0.5, 0.6) is 0 Å². The van der Waals surface area contributed by atoms with Crippen molar-refractivity contribution in [3.63, 3.8) is 0 Å². The third-order valence-electron chi connectivity index (χ3n) is 9.11. The molecule has 0 radical (unpaired) electrons. The summed E-state index contributed by atoms with van der Waals surface area (Å²) in [6, 6.07) is 0. The molecule has 0 fully saturated rings. The van der Waals surface area contributed by atoms with Crippen molar-refractivity contribution in [2.75, 3.05) is 33.0 Å². The zero-order valence-corrected chi connectivity index (χ0v) is 36.7. The molecule has 3 N–H and O–H groups in total. The van der Waals surface area contributed by atoms with Gasteiger partial charge in [-0.25, -0.2) is 4.57 Å². The van der Waals surface area contributed by atoms with E-state index in [9.17, 15) is 14.3 Å². The Labute approximate surface area is 344 Å². The summed E-state index contributed by atoms with van der Waals surface area (Å²) in [4.78, 5) is 22.5. The molecule has 0 heterocycles. The van der Waals surface area contributed by atoms with E-state index in [0.29, 0.717) is 13.0 Å². The smallest absolute Gasteiger partial charge is 0.457 e.